The summed E-state index contributed by atoms with van der Waals surface area (Å²) in [5.41, 5.74) is 1.23. The van der Waals surface area contributed by atoms with E-state index in [1.807, 2.05) is 24.0 Å². The number of nitrogens with zero attached hydrogens (tertiary/aromatic N) is 3. The van der Waals surface area contributed by atoms with Gasteiger partial charge in [-0.15, -0.1) is 0 Å². The lowest BCUT2D eigenvalue weighted by atomic mass is 10.0. The average Bonchev–Trinajstić information content (AvgIpc) is 2.68. The summed E-state index contributed by atoms with van der Waals surface area (Å²) in [6, 6.07) is 8.87. The monoisotopic (exact) mass is 347 g/mol. The first-order chi connectivity index (χ1) is 12.2. The van der Waals surface area contributed by atoms with Gasteiger partial charge in [0.1, 0.15) is 5.75 Å². The van der Waals surface area contributed by atoms with E-state index >= 15 is 0 Å². The fraction of sp³-hybridized carbons (Fsp3) is 0.632. The first-order valence-corrected chi connectivity index (χ1v) is 9.26. The van der Waals surface area contributed by atoms with Gasteiger partial charge >= 0.3 is 6.09 Å². The summed E-state index contributed by atoms with van der Waals surface area (Å²) in [5.74, 6) is 0.909. The molecule has 138 valence electrons. The number of anilines is 1. The first-order valence-electron chi connectivity index (χ1n) is 9.26. The van der Waals surface area contributed by atoms with Crippen LogP contribution >= 0.6 is 0 Å². The second-order valence-electron chi connectivity index (χ2n) is 6.64. The van der Waals surface area contributed by atoms with Gasteiger partial charge in [0.25, 0.3) is 0 Å². The van der Waals surface area contributed by atoms with Gasteiger partial charge in [-0.2, -0.15) is 0 Å². The molecular formula is C19H29N3O3. The smallest absolute Gasteiger partial charge is 0.409 e. The van der Waals surface area contributed by atoms with Gasteiger partial charge in [-0.05, 0) is 31.9 Å². The highest BCUT2D eigenvalue weighted by Crippen LogP contribution is 2.24. The molecule has 1 aromatic carbocycles. The number of ether oxygens (including phenoxy) is 2. The highest BCUT2D eigenvalue weighted by molar-refractivity contribution is 5.67. The van der Waals surface area contributed by atoms with E-state index in [-0.39, 0.29) is 6.09 Å². The minimum atomic E-state index is -0.163. The Bertz CT molecular complexity index is 565. The molecule has 0 aromatic heterocycles. The van der Waals surface area contributed by atoms with E-state index in [1.165, 1.54) is 5.69 Å². The number of benzene rings is 1. The van der Waals surface area contributed by atoms with E-state index in [0.717, 1.165) is 57.9 Å². The van der Waals surface area contributed by atoms with Gasteiger partial charge in [0.05, 0.1) is 13.7 Å². The quantitative estimate of drug-likeness (QED) is 0.837. The van der Waals surface area contributed by atoms with Crippen molar-refractivity contribution < 1.29 is 14.3 Å². The Morgan fingerprint density at radius 1 is 1.12 bits per heavy atom. The number of amides is 1. The molecule has 0 radical (unpaired) electrons. The SMILES string of the molecule is CCOC(=O)N1CCC(N2CCN(c3cccc(OC)c3)CC2)CC1. The zero-order valence-electron chi connectivity index (χ0n) is 15.3. The Balaban J connectivity index is 1.47. The Labute approximate surface area is 150 Å². The summed E-state index contributed by atoms with van der Waals surface area (Å²) in [5, 5.41) is 0. The van der Waals surface area contributed by atoms with E-state index < -0.39 is 0 Å². The molecule has 0 saturated carbocycles. The number of methoxy groups -OCH3 is 1. The zero-order valence-corrected chi connectivity index (χ0v) is 15.3. The minimum Gasteiger partial charge on any atom is -0.497 e. The van der Waals surface area contributed by atoms with Gasteiger partial charge < -0.3 is 19.3 Å². The maximum atomic E-state index is 11.8. The Kier molecular flexibility index (Phi) is 6.02. The Morgan fingerprint density at radius 2 is 1.84 bits per heavy atom. The summed E-state index contributed by atoms with van der Waals surface area (Å²) in [6.07, 6.45) is 1.92. The lowest BCUT2D eigenvalue weighted by Gasteiger charge is -2.43. The van der Waals surface area contributed by atoms with E-state index in [9.17, 15) is 4.79 Å². The lowest BCUT2D eigenvalue weighted by Crippen LogP contribution is -2.53. The van der Waals surface area contributed by atoms with Crippen LogP contribution in [0.15, 0.2) is 24.3 Å². The van der Waals surface area contributed by atoms with E-state index in [1.54, 1.807) is 7.11 Å². The highest BCUT2D eigenvalue weighted by Gasteiger charge is 2.29. The van der Waals surface area contributed by atoms with Crippen molar-refractivity contribution in [3.8, 4) is 5.75 Å². The lowest BCUT2D eigenvalue weighted by molar-refractivity contribution is 0.0729. The topological polar surface area (TPSA) is 45.2 Å². The van der Waals surface area contributed by atoms with Crippen LogP contribution in [-0.4, -0.2) is 74.9 Å². The second-order valence-corrected chi connectivity index (χ2v) is 6.64. The molecule has 0 spiro atoms. The minimum absolute atomic E-state index is 0.163. The van der Waals surface area contributed by atoms with Gasteiger partial charge in [0, 0.05) is 57.1 Å². The molecule has 3 rings (SSSR count). The molecule has 6 heteroatoms. The normalized spacial score (nSPS) is 19.8. The van der Waals surface area contributed by atoms with Crippen LogP contribution in [-0.2, 0) is 4.74 Å². The fourth-order valence-electron chi connectivity index (χ4n) is 3.78. The largest absolute Gasteiger partial charge is 0.497 e. The number of carbonyl (C=O) groups excluding carboxylic acids is 1. The standard InChI is InChI=1S/C19H29N3O3/c1-3-25-19(23)22-9-7-16(8-10-22)20-11-13-21(14-12-20)17-5-4-6-18(15-17)24-2/h4-6,15-16H,3,7-14H2,1-2H3. The average molecular weight is 347 g/mol. The molecule has 0 aliphatic carbocycles. The van der Waals surface area contributed by atoms with Crippen LogP contribution < -0.4 is 9.64 Å². The molecule has 2 aliphatic rings. The molecule has 1 amide bonds. The summed E-state index contributed by atoms with van der Waals surface area (Å²) >= 11 is 0. The fourth-order valence-corrected chi connectivity index (χ4v) is 3.78. The molecule has 2 saturated heterocycles. The van der Waals surface area contributed by atoms with Crippen molar-refractivity contribution in [1.29, 1.82) is 0 Å². The van der Waals surface area contributed by atoms with Gasteiger partial charge in [-0.1, -0.05) is 6.07 Å². The summed E-state index contributed by atoms with van der Waals surface area (Å²) in [6.45, 7) is 8.12. The number of hydrogen-bond donors (Lipinski definition) is 0. The zero-order chi connectivity index (χ0) is 17.6. The number of carbonyl (C=O) groups is 1. The number of piperidine rings is 1. The van der Waals surface area contributed by atoms with Crippen molar-refractivity contribution in [2.45, 2.75) is 25.8 Å². The van der Waals surface area contributed by atoms with Crippen LogP contribution in [0.2, 0.25) is 0 Å². The van der Waals surface area contributed by atoms with Crippen molar-refractivity contribution in [2.75, 3.05) is 57.9 Å². The van der Waals surface area contributed by atoms with Crippen molar-refractivity contribution in [2.24, 2.45) is 0 Å². The van der Waals surface area contributed by atoms with Crippen LogP contribution in [0.1, 0.15) is 19.8 Å². The maximum Gasteiger partial charge on any atom is 0.409 e. The maximum absolute atomic E-state index is 11.8. The third-order valence-electron chi connectivity index (χ3n) is 5.24. The highest BCUT2D eigenvalue weighted by atomic mass is 16.6. The molecule has 0 atom stereocenters. The third-order valence-corrected chi connectivity index (χ3v) is 5.24. The molecule has 0 unspecified atom stereocenters. The molecule has 2 heterocycles. The predicted octanol–water partition coefficient (Wildman–Crippen LogP) is 2.44. The van der Waals surface area contributed by atoms with Crippen molar-refractivity contribution in [3.63, 3.8) is 0 Å². The summed E-state index contributed by atoms with van der Waals surface area (Å²) in [4.78, 5) is 18.7. The molecular weight excluding hydrogens is 318 g/mol. The summed E-state index contributed by atoms with van der Waals surface area (Å²) in [7, 11) is 1.71. The van der Waals surface area contributed by atoms with Gasteiger partial charge in [-0.3, -0.25) is 4.90 Å². The third kappa shape index (κ3) is 4.37. The number of piperazine rings is 1. The number of hydrogen-bond acceptors (Lipinski definition) is 5. The van der Waals surface area contributed by atoms with Gasteiger partial charge in [-0.25, -0.2) is 4.79 Å². The van der Waals surface area contributed by atoms with Gasteiger partial charge in [0.15, 0.2) is 0 Å². The van der Waals surface area contributed by atoms with E-state index in [2.05, 4.69) is 21.9 Å². The summed E-state index contributed by atoms with van der Waals surface area (Å²) < 4.78 is 10.4. The van der Waals surface area contributed by atoms with Crippen LogP contribution in [0, 0.1) is 0 Å². The Morgan fingerprint density at radius 3 is 2.48 bits per heavy atom. The van der Waals surface area contributed by atoms with E-state index in [4.69, 9.17) is 9.47 Å². The van der Waals surface area contributed by atoms with E-state index in [0.29, 0.717) is 12.6 Å². The molecule has 6 nitrogen and oxygen atoms in total. The van der Waals surface area contributed by atoms with Crippen LogP contribution in [0.5, 0.6) is 5.75 Å². The molecule has 0 bridgehead atoms. The molecule has 2 fully saturated rings. The second kappa shape index (κ2) is 8.43. The first kappa shape index (κ1) is 17.9. The molecule has 25 heavy (non-hydrogen) atoms. The Hall–Kier alpha value is -1.95. The molecule has 2 aliphatic heterocycles. The number of likely N-dealkylation sites (tertiary alicyclic amines) is 1. The van der Waals surface area contributed by atoms with Crippen molar-refractivity contribution in [3.05, 3.63) is 24.3 Å². The molecule has 1 aromatic rings. The van der Waals surface area contributed by atoms with Crippen LogP contribution in [0.25, 0.3) is 0 Å². The van der Waals surface area contributed by atoms with Crippen LogP contribution in [0.4, 0.5) is 10.5 Å². The predicted molar refractivity (Wildman–Crippen MR) is 98.4 cm³/mol. The van der Waals surface area contributed by atoms with Gasteiger partial charge in [0.2, 0.25) is 0 Å². The van der Waals surface area contributed by atoms with Crippen LogP contribution in [0.3, 0.4) is 0 Å². The van der Waals surface area contributed by atoms with Crippen molar-refractivity contribution >= 4 is 11.8 Å². The molecule has 0 N–H and O–H groups in total. The van der Waals surface area contributed by atoms with Crippen molar-refractivity contribution in [1.82, 2.24) is 9.80 Å². The number of rotatable bonds is 4.